The van der Waals surface area contributed by atoms with E-state index >= 15 is 0 Å². The van der Waals surface area contributed by atoms with Gasteiger partial charge in [-0.2, -0.15) is 9.61 Å². The Labute approximate surface area is 303 Å². The fourth-order valence-electron chi connectivity index (χ4n) is 8.18. The van der Waals surface area contributed by atoms with Crippen molar-refractivity contribution in [3.63, 3.8) is 0 Å². The quantitative estimate of drug-likeness (QED) is 0.214. The predicted octanol–water partition coefficient (Wildman–Crippen LogP) is 4.83. The van der Waals surface area contributed by atoms with Gasteiger partial charge >= 0.3 is 0 Å². The number of fused-ring (bicyclic) bond motifs is 1. The van der Waals surface area contributed by atoms with Crippen molar-refractivity contribution < 1.29 is 9.90 Å². The second-order valence-electron chi connectivity index (χ2n) is 14.6. The molecule has 10 heteroatoms. The first-order chi connectivity index (χ1) is 25.1. The highest BCUT2D eigenvalue weighted by Gasteiger charge is 2.24. The lowest BCUT2D eigenvalue weighted by atomic mass is 10.0. The van der Waals surface area contributed by atoms with E-state index in [4.69, 9.17) is 10.1 Å². The summed E-state index contributed by atoms with van der Waals surface area (Å²) in [5.74, 6) is 1.33. The van der Waals surface area contributed by atoms with E-state index in [-0.39, 0.29) is 6.61 Å². The summed E-state index contributed by atoms with van der Waals surface area (Å²) in [6.45, 7) is 15.1. The molecule has 1 amide bonds. The van der Waals surface area contributed by atoms with Gasteiger partial charge < -0.3 is 19.8 Å². The molecule has 0 aliphatic carbocycles. The number of anilines is 1. The van der Waals surface area contributed by atoms with Crippen LogP contribution in [0, 0.1) is 6.92 Å². The van der Waals surface area contributed by atoms with E-state index < -0.39 is 0 Å². The average molecular weight is 693 g/mol. The molecule has 3 fully saturated rings. The zero-order chi connectivity index (χ0) is 35.0. The van der Waals surface area contributed by atoms with E-state index in [0.29, 0.717) is 18.9 Å². The molecule has 1 N–H and O–H groups in total. The number of carbonyl (C=O) groups is 1. The average Bonchev–Trinajstić information content (AvgIpc) is 3.51. The zero-order valence-corrected chi connectivity index (χ0v) is 30.6. The summed E-state index contributed by atoms with van der Waals surface area (Å²) >= 11 is 0. The maximum atomic E-state index is 13.2. The number of aliphatic hydroxyl groups excluding tert-OH is 1. The van der Waals surface area contributed by atoms with Gasteiger partial charge in [0.15, 0.2) is 5.65 Å². The first kappa shape index (κ1) is 35.6. The number of aryl methyl sites for hydroxylation is 2. The topological polar surface area (TPSA) is 83.7 Å². The zero-order valence-electron chi connectivity index (χ0n) is 30.6. The number of carbonyl (C=O) groups excluding carboxylic acids is 1. The van der Waals surface area contributed by atoms with Crippen LogP contribution in [0.1, 0.15) is 49.8 Å². The van der Waals surface area contributed by atoms with Gasteiger partial charge in [0.05, 0.1) is 18.0 Å². The van der Waals surface area contributed by atoms with Gasteiger partial charge in [-0.1, -0.05) is 55.0 Å². The van der Waals surface area contributed by atoms with Gasteiger partial charge in [-0.25, -0.2) is 4.98 Å². The fraction of sp³-hybridized carbons (Fsp3) is 0.537. The van der Waals surface area contributed by atoms with E-state index in [2.05, 4.69) is 86.0 Å². The minimum absolute atomic E-state index is 0.184. The van der Waals surface area contributed by atoms with Gasteiger partial charge in [0.25, 0.3) is 0 Å². The molecule has 2 aromatic heterocycles. The monoisotopic (exact) mass is 692 g/mol. The molecule has 4 aromatic rings. The van der Waals surface area contributed by atoms with Gasteiger partial charge in [-0.3, -0.25) is 14.6 Å². The van der Waals surface area contributed by atoms with E-state index in [9.17, 15) is 9.90 Å². The van der Waals surface area contributed by atoms with Crippen molar-refractivity contribution >= 4 is 17.4 Å². The third kappa shape index (κ3) is 8.80. The third-order valence-electron chi connectivity index (χ3n) is 11.1. The Balaban J connectivity index is 0.998. The van der Waals surface area contributed by atoms with E-state index in [1.807, 2.05) is 10.6 Å². The Bertz CT molecular complexity index is 1720. The largest absolute Gasteiger partial charge is 0.395 e. The first-order valence-electron chi connectivity index (χ1n) is 19.4. The smallest absolute Gasteiger partial charge is 0.222 e. The van der Waals surface area contributed by atoms with Crippen LogP contribution in [0.4, 0.5) is 5.82 Å². The lowest BCUT2D eigenvalue weighted by molar-refractivity contribution is -0.133. The van der Waals surface area contributed by atoms with Crippen LogP contribution in [-0.2, 0) is 11.2 Å². The van der Waals surface area contributed by atoms with Crippen molar-refractivity contribution in [2.75, 3.05) is 96.6 Å². The van der Waals surface area contributed by atoms with Gasteiger partial charge in [0.1, 0.15) is 5.82 Å². The molecule has 3 aliphatic heterocycles. The number of nitrogens with zero attached hydrogens (tertiary/aromatic N) is 8. The Morgan fingerprint density at radius 2 is 1.41 bits per heavy atom. The lowest BCUT2D eigenvalue weighted by Crippen LogP contribution is -2.49. The number of aromatic nitrogens is 3. The summed E-state index contributed by atoms with van der Waals surface area (Å²) in [6.07, 6.45) is 7.63. The molecule has 5 heterocycles. The molecular formula is C41H56N8O2. The van der Waals surface area contributed by atoms with Gasteiger partial charge in [0.2, 0.25) is 5.91 Å². The fourth-order valence-corrected chi connectivity index (χ4v) is 8.18. The molecule has 2 aromatic carbocycles. The second-order valence-corrected chi connectivity index (χ2v) is 14.6. The Hall–Kier alpha value is -3.83. The van der Waals surface area contributed by atoms with Crippen LogP contribution < -0.4 is 4.90 Å². The van der Waals surface area contributed by atoms with Gasteiger partial charge in [0, 0.05) is 82.5 Å². The number of hydrogen-bond donors (Lipinski definition) is 1. The molecule has 0 bridgehead atoms. The number of hydrogen-bond acceptors (Lipinski definition) is 8. The molecule has 3 saturated heterocycles. The van der Waals surface area contributed by atoms with Crippen LogP contribution >= 0.6 is 0 Å². The molecular weight excluding hydrogens is 637 g/mol. The van der Waals surface area contributed by atoms with Crippen molar-refractivity contribution in [3.8, 4) is 22.4 Å². The molecule has 0 radical (unpaired) electrons. The summed E-state index contributed by atoms with van der Waals surface area (Å²) in [5, 5.41) is 14.5. The summed E-state index contributed by atoms with van der Waals surface area (Å²) < 4.78 is 2.02. The molecule has 0 spiro atoms. The normalized spacial score (nSPS) is 18.2. The Kier molecular flexibility index (Phi) is 11.9. The molecule has 7 rings (SSSR count). The first-order valence-corrected chi connectivity index (χ1v) is 19.4. The highest BCUT2D eigenvalue weighted by molar-refractivity contribution is 5.83. The number of piperazine rings is 2. The highest BCUT2D eigenvalue weighted by Crippen LogP contribution is 2.33. The lowest BCUT2D eigenvalue weighted by Gasteiger charge is -2.35. The molecule has 0 atom stereocenters. The number of rotatable bonds is 13. The van der Waals surface area contributed by atoms with E-state index in [1.54, 1.807) is 0 Å². The number of amides is 1. The summed E-state index contributed by atoms with van der Waals surface area (Å²) in [7, 11) is 0. The number of likely N-dealkylation sites (tertiary alicyclic amines) is 1. The Morgan fingerprint density at radius 1 is 0.725 bits per heavy atom. The maximum Gasteiger partial charge on any atom is 0.222 e. The summed E-state index contributed by atoms with van der Waals surface area (Å²) in [6, 6.07) is 21.3. The molecule has 51 heavy (non-hydrogen) atoms. The predicted molar refractivity (Wildman–Crippen MR) is 205 cm³/mol. The van der Waals surface area contributed by atoms with Crippen LogP contribution in [0.15, 0.2) is 60.7 Å². The van der Waals surface area contributed by atoms with Crippen molar-refractivity contribution in [1.29, 1.82) is 0 Å². The number of benzene rings is 2. The van der Waals surface area contributed by atoms with E-state index in [0.717, 1.165) is 111 Å². The maximum absolute atomic E-state index is 13.2. The van der Waals surface area contributed by atoms with Gasteiger partial charge in [-0.05, 0) is 82.4 Å². The number of piperidine rings is 1. The van der Waals surface area contributed by atoms with Crippen molar-refractivity contribution in [3.05, 3.63) is 71.9 Å². The summed E-state index contributed by atoms with van der Waals surface area (Å²) in [5.41, 5.74) is 7.23. The van der Waals surface area contributed by atoms with Crippen molar-refractivity contribution in [1.82, 2.24) is 34.2 Å². The van der Waals surface area contributed by atoms with Crippen molar-refractivity contribution in [2.45, 2.75) is 51.9 Å². The van der Waals surface area contributed by atoms with Crippen LogP contribution in [-0.4, -0.2) is 137 Å². The number of aliphatic hydroxyl groups is 1. The molecule has 0 unspecified atom stereocenters. The standard InChI is InChI=1S/C41H56N8O2/c1-33-40(35-13-4-2-5-14-35)41-42-37(32-38(49(41)43-33)47-25-21-46(22-26-47)29-30-50)36-15-8-11-34(31-36)12-9-16-39(51)48-27-23-45(24-28-48)20-10-19-44-17-6-3-7-18-44/h2,4-5,8,11,13-15,31-32,50H,3,6-7,9-10,12,16-30H2,1H3. The van der Waals surface area contributed by atoms with Crippen LogP contribution in [0.5, 0.6) is 0 Å². The van der Waals surface area contributed by atoms with Crippen LogP contribution in [0.25, 0.3) is 28.0 Å². The van der Waals surface area contributed by atoms with Crippen molar-refractivity contribution in [2.24, 2.45) is 0 Å². The van der Waals surface area contributed by atoms with Gasteiger partial charge in [-0.15, -0.1) is 0 Å². The molecule has 10 nitrogen and oxygen atoms in total. The Morgan fingerprint density at radius 3 is 2.16 bits per heavy atom. The highest BCUT2D eigenvalue weighted by atomic mass is 16.3. The minimum atomic E-state index is 0.184. The molecule has 272 valence electrons. The molecule has 0 saturated carbocycles. The van der Waals surface area contributed by atoms with E-state index in [1.165, 1.54) is 50.9 Å². The summed E-state index contributed by atoms with van der Waals surface area (Å²) in [4.78, 5) is 30.4. The SMILES string of the molecule is Cc1nn2c(N3CCN(CCO)CC3)cc(-c3cccc(CCCC(=O)N4CCN(CCCN5CCCCC5)CC4)c3)nc2c1-c1ccccc1. The third-order valence-corrected chi connectivity index (χ3v) is 11.1. The molecule has 3 aliphatic rings. The minimum Gasteiger partial charge on any atom is -0.395 e. The second kappa shape index (κ2) is 17.1. The van der Waals surface area contributed by atoms with Crippen LogP contribution in [0.2, 0.25) is 0 Å². The number of β-amino-alcohol motifs (C(OH)–C–C–N with tert-alkyl or cyclic N) is 1. The van der Waals surface area contributed by atoms with Crippen LogP contribution in [0.3, 0.4) is 0 Å².